The average molecular weight is 285 g/mol. The largest absolute Gasteiger partial charge is 0.394 e. The number of H-pyrrole nitrogens is 1. The number of rotatable bonds is 5. The van der Waals surface area contributed by atoms with Crippen molar-refractivity contribution in [1.82, 2.24) is 15.3 Å². The smallest absolute Gasteiger partial charge is 0.224 e. The third-order valence-corrected chi connectivity index (χ3v) is 4.34. The lowest BCUT2D eigenvalue weighted by molar-refractivity contribution is -0.123. The summed E-state index contributed by atoms with van der Waals surface area (Å²) in [5.74, 6) is 0.494. The third kappa shape index (κ3) is 2.56. The summed E-state index contributed by atoms with van der Waals surface area (Å²) >= 11 is 0. The van der Waals surface area contributed by atoms with E-state index >= 15 is 0 Å². The van der Waals surface area contributed by atoms with Crippen molar-refractivity contribution < 1.29 is 9.90 Å². The highest BCUT2D eigenvalue weighted by Gasteiger charge is 2.55. The molecule has 0 aliphatic heterocycles. The summed E-state index contributed by atoms with van der Waals surface area (Å²) in [6.07, 6.45) is 4.11. The monoisotopic (exact) mass is 285 g/mol. The molecule has 1 aromatic heterocycles. The number of aromatic amines is 1. The van der Waals surface area contributed by atoms with Crippen molar-refractivity contribution in [2.75, 3.05) is 6.61 Å². The number of hydrogen-bond acceptors (Lipinski definition) is 3. The number of aliphatic hydroxyl groups excluding tert-OH is 1. The van der Waals surface area contributed by atoms with Crippen LogP contribution >= 0.6 is 0 Å². The van der Waals surface area contributed by atoms with Gasteiger partial charge in [0, 0.05) is 23.7 Å². The van der Waals surface area contributed by atoms with Gasteiger partial charge in [-0.1, -0.05) is 37.3 Å². The predicted octanol–water partition coefficient (Wildman–Crippen LogP) is 1.54. The lowest BCUT2D eigenvalue weighted by Crippen LogP contribution is -2.34. The average Bonchev–Trinajstić information content (AvgIpc) is 2.96. The quantitative estimate of drug-likeness (QED) is 0.779. The van der Waals surface area contributed by atoms with Gasteiger partial charge in [-0.2, -0.15) is 0 Å². The minimum atomic E-state index is -0.479. The molecule has 0 saturated heterocycles. The second-order valence-corrected chi connectivity index (χ2v) is 5.76. The van der Waals surface area contributed by atoms with E-state index in [2.05, 4.69) is 34.3 Å². The molecule has 0 bridgehead atoms. The molecule has 1 amide bonds. The molecule has 21 heavy (non-hydrogen) atoms. The van der Waals surface area contributed by atoms with Crippen LogP contribution in [0.5, 0.6) is 0 Å². The van der Waals surface area contributed by atoms with Gasteiger partial charge in [-0.05, 0) is 12.0 Å². The van der Waals surface area contributed by atoms with Gasteiger partial charge in [0.1, 0.15) is 11.9 Å². The SMILES string of the molecule is C[C@]1(c2ccccc2)C[C@H]1C(=O)NC(CO)c1ncc[nH]1. The molecule has 1 unspecified atom stereocenters. The Balaban J connectivity index is 1.68. The van der Waals surface area contributed by atoms with Crippen LogP contribution in [-0.4, -0.2) is 27.6 Å². The van der Waals surface area contributed by atoms with Crippen LogP contribution in [-0.2, 0) is 10.2 Å². The predicted molar refractivity (Wildman–Crippen MR) is 78.5 cm³/mol. The fourth-order valence-electron chi connectivity index (χ4n) is 2.83. The topological polar surface area (TPSA) is 78.0 Å². The first-order chi connectivity index (χ1) is 10.1. The van der Waals surface area contributed by atoms with Crippen LogP contribution in [0.2, 0.25) is 0 Å². The second kappa shape index (κ2) is 5.33. The van der Waals surface area contributed by atoms with Crippen LogP contribution in [0.3, 0.4) is 0 Å². The molecular formula is C16H19N3O2. The van der Waals surface area contributed by atoms with Gasteiger partial charge in [0.05, 0.1) is 6.61 Å². The summed E-state index contributed by atoms with van der Waals surface area (Å²) in [5.41, 5.74) is 1.08. The van der Waals surface area contributed by atoms with Gasteiger partial charge < -0.3 is 15.4 Å². The summed E-state index contributed by atoms with van der Waals surface area (Å²) in [5, 5.41) is 12.3. The maximum atomic E-state index is 12.4. The van der Waals surface area contributed by atoms with E-state index in [1.165, 1.54) is 5.56 Å². The van der Waals surface area contributed by atoms with E-state index in [9.17, 15) is 9.90 Å². The van der Waals surface area contributed by atoms with Crippen molar-refractivity contribution >= 4 is 5.91 Å². The molecule has 1 fully saturated rings. The minimum absolute atomic E-state index is 0.0307. The number of aromatic nitrogens is 2. The number of hydrogen-bond donors (Lipinski definition) is 3. The second-order valence-electron chi connectivity index (χ2n) is 5.76. The zero-order chi connectivity index (χ0) is 14.9. The standard InChI is InChI=1S/C16H19N3O2/c1-16(11-5-3-2-4-6-11)9-12(16)15(21)19-13(10-20)14-17-7-8-18-14/h2-8,12-13,20H,9-10H2,1H3,(H,17,18)(H,19,21)/t12-,13?,16+/m0/s1. The van der Waals surface area contributed by atoms with E-state index in [-0.39, 0.29) is 23.8 Å². The number of benzene rings is 1. The zero-order valence-electron chi connectivity index (χ0n) is 11.9. The number of nitrogens with one attached hydrogen (secondary N) is 2. The van der Waals surface area contributed by atoms with Crippen LogP contribution in [0.1, 0.15) is 30.8 Å². The minimum Gasteiger partial charge on any atom is -0.394 e. The van der Waals surface area contributed by atoms with E-state index < -0.39 is 6.04 Å². The molecule has 3 atom stereocenters. The summed E-state index contributed by atoms with van der Waals surface area (Å²) < 4.78 is 0. The molecule has 1 aliphatic carbocycles. The first-order valence-electron chi connectivity index (χ1n) is 7.11. The van der Waals surface area contributed by atoms with Crippen molar-refractivity contribution in [1.29, 1.82) is 0 Å². The molecule has 2 aromatic rings. The third-order valence-electron chi connectivity index (χ3n) is 4.34. The van der Waals surface area contributed by atoms with Crippen molar-refractivity contribution in [3.63, 3.8) is 0 Å². The normalized spacial score (nSPS) is 25.3. The van der Waals surface area contributed by atoms with E-state index in [0.29, 0.717) is 5.82 Å². The van der Waals surface area contributed by atoms with Crippen molar-refractivity contribution in [3.8, 4) is 0 Å². The van der Waals surface area contributed by atoms with Crippen LogP contribution in [0.25, 0.3) is 0 Å². The number of aliphatic hydroxyl groups is 1. The molecule has 1 aromatic carbocycles. The lowest BCUT2D eigenvalue weighted by atomic mass is 9.95. The van der Waals surface area contributed by atoms with E-state index in [1.54, 1.807) is 12.4 Å². The van der Waals surface area contributed by atoms with Gasteiger partial charge >= 0.3 is 0 Å². The van der Waals surface area contributed by atoms with Gasteiger partial charge in [0.2, 0.25) is 5.91 Å². The first kappa shape index (κ1) is 13.8. The number of nitrogens with zero attached hydrogens (tertiary/aromatic N) is 1. The van der Waals surface area contributed by atoms with Gasteiger partial charge in [-0.15, -0.1) is 0 Å². The summed E-state index contributed by atoms with van der Waals surface area (Å²) in [7, 11) is 0. The molecule has 3 N–H and O–H groups in total. The Kier molecular flexibility index (Phi) is 3.51. The summed E-state index contributed by atoms with van der Waals surface area (Å²) in [4.78, 5) is 19.4. The van der Waals surface area contributed by atoms with Crippen molar-refractivity contribution in [2.45, 2.75) is 24.8 Å². The van der Waals surface area contributed by atoms with Crippen LogP contribution in [0.15, 0.2) is 42.7 Å². The fraction of sp³-hybridized carbons (Fsp3) is 0.375. The highest BCUT2D eigenvalue weighted by Crippen LogP contribution is 2.54. The number of carbonyl (C=O) groups is 1. The van der Waals surface area contributed by atoms with Crippen molar-refractivity contribution in [2.24, 2.45) is 5.92 Å². The Morgan fingerprint density at radius 1 is 1.52 bits per heavy atom. The Morgan fingerprint density at radius 2 is 2.29 bits per heavy atom. The van der Waals surface area contributed by atoms with Crippen LogP contribution in [0, 0.1) is 5.92 Å². The zero-order valence-corrected chi connectivity index (χ0v) is 11.9. The maximum Gasteiger partial charge on any atom is 0.224 e. The van der Waals surface area contributed by atoms with E-state index in [4.69, 9.17) is 0 Å². The molecule has 110 valence electrons. The molecule has 1 saturated carbocycles. The van der Waals surface area contributed by atoms with Crippen molar-refractivity contribution in [3.05, 3.63) is 54.1 Å². The molecule has 1 heterocycles. The molecule has 5 nitrogen and oxygen atoms in total. The summed E-state index contributed by atoms with van der Waals surface area (Å²) in [6.45, 7) is 1.93. The van der Waals surface area contributed by atoms with Crippen LogP contribution in [0.4, 0.5) is 0 Å². The first-order valence-corrected chi connectivity index (χ1v) is 7.11. The molecule has 5 heteroatoms. The van der Waals surface area contributed by atoms with E-state index in [0.717, 1.165) is 6.42 Å². The Bertz CT molecular complexity index is 612. The number of carbonyl (C=O) groups excluding carboxylic acids is 1. The molecule has 3 rings (SSSR count). The summed E-state index contributed by atoms with van der Waals surface area (Å²) in [6, 6.07) is 9.60. The molecule has 1 aliphatic rings. The number of amides is 1. The van der Waals surface area contributed by atoms with E-state index in [1.807, 2.05) is 18.2 Å². The van der Waals surface area contributed by atoms with Crippen LogP contribution < -0.4 is 5.32 Å². The fourth-order valence-corrected chi connectivity index (χ4v) is 2.83. The highest BCUT2D eigenvalue weighted by atomic mass is 16.3. The molecule has 0 spiro atoms. The van der Waals surface area contributed by atoms with Gasteiger partial charge in [-0.3, -0.25) is 4.79 Å². The number of imidazole rings is 1. The lowest BCUT2D eigenvalue weighted by Gasteiger charge is -2.16. The molecule has 0 radical (unpaired) electrons. The van der Waals surface area contributed by atoms with Gasteiger partial charge in [0.15, 0.2) is 0 Å². The Morgan fingerprint density at radius 3 is 2.90 bits per heavy atom. The van der Waals surface area contributed by atoms with Gasteiger partial charge in [-0.25, -0.2) is 4.98 Å². The Labute approximate surface area is 123 Å². The highest BCUT2D eigenvalue weighted by molar-refractivity contribution is 5.84. The molecular weight excluding hydrogens is 266 g/mol. The maximum absolute atomic E-state index is 12.4. The Hall–Kier alpha value is -2.14. The van der Waals surface area contributed by atoms with Gasteiger partial charge in [0.25, 0.3) is 0 Å².